The van der Waals surface area contributed by atoms with Crippen LogP contribution in [-0.4, -0.2) is 50.2 Å². The van der Waals surface area contributed by atoms with E-state index < -0.39 is 40.5 Å². The summed E-state index contributed by atoms with van der Waals surface area (Å²) in [5, 5.41) is 24.1. The second-order valence-corrected chi connectivity index (χ2v) is 12.2. The Morgan fingerprint density at radius 3 is 2.67 bits per heavy atom. The maximum absolute atomic E-state index is 13.5. The molecule has 2 aromatic rings. The van der Waals surface area contributed by atoms with E-state index >= 15 is 0 Å². The summed E-state index contributed by atoms with van der Waals surface area (Å²) >= 11 is 0. The van der Waals surface area contributed by atoms with Gasteiger partial charge in [-0.25, -0.2) is 0 Å². The Hall–Kier alpha value is -1.73. The maximum Gasteiger partial charge on any atom is 0.223 e. The van der Waals surface area contributed by atoms with Crippen molar-refractivity contribution in [1.29, 1.82) is 0 Å². The Labute approximate surface area is 193 Å². The van der Waals surface area contributed by atoms with Gasteiger partial charge in [-0.1, -0.05) is 32.0 Å². The van der Waals surface area contributed by atoms with E-state index in [0.717, 1.165) is 18.4 Å². The number of rotatable bonds is 0. The van der Waals surface area contributed by atoms with E-state index in [1.807, 2.05) is 0 Å². The van der Waals surface area contributed by atoms with Crippen molar-refractivity contribution in [3.63, 3.8) is 0 Å². The van der Waals surface area contributed by atoms with E-state index in [0.29, 0.717) is 25.2 Å². The van der Waals surface area contributed by atoms with Crippen molar-refractivity contribution >= 4 is 16.7 Å². The molecule has 1 aromatic heterocycles. The van der Waals surface area contributed by atoms with Gasteiger partial charge < -0.3 is 24.7 Å². The minimum Gasteiger partial charge on any atom is -0.384 e. The molecule has 3 N–H and O–H groups in total. The number of ether oxygens (including phenoxy) is 2. The summed E-state index contributed by atoms with van der Waals surface area (Å²) in [4.78, 5) is 17.3. The molecule has 6 nitrogen and oxygen atoms in total. The molecule has 3 heterocycles. The number of nitrogens with one attached hydrogen (secondary N) is 1. The largest absolute Gasteiger partial charge is 0.384 e. The van der Waals surface area contributed by atoms with Gasteiger partial charge in [0.05, 0.1) is 17.1 Å². The molecule has 1 aromatic carbocycles. The quantitative estimate of drug-likeness (QED) is 0.571. The second-order valence-electron chi connectivity index (χ2n) is 12.2. The number of H-pyrrole nitrogens is 1. The van der Waals surface area contributed by atoms with E-state index in [1.165, 1.54) is 16.6 Å². The Kier molecular flexibility index (Phi) is 3.58. The lowest BCUT2D eigenvalue weighted by Crippen LogP contribution is -2.69. The van der Waals surface area contributed by atoms with Crippen LogP contribution < -0.4 is 0 Å². The van der Waals surface area contributed by atoms with Crippen LogP contribution in [0.5, 0.6) is 0 Å². The van der Waals surface area contributed by atoms with Crippen molar-refractivity contribution in [1.82, 2.24) is 4.98 Å². The molecule has 33 heavy (non-hydrogen) atoms. The first kappa shape index (κ1) is 20.6. The summed E-state index contributed by atoms with van der Waals surface area (Å²) in [6.07, 6.45) is 1.69. The van der Waals surface area contributed by atoms with E-state index in [4.69, 9.17) is 9.47 Å². The lowest BCUT2D eigenvalue weighted by Gasteiger charge is -2.64. The number of carbonyl (C=O) groups is 1. The summed E-state index contributed by atoms with van der Waals surface area (Å²) in [5.74, 6) is -1.92. The number of hydrogen-bond donors (Lipinski definition) is 3. The van der Waals surface area contributed by atoms with Crippen LogP contribution in [0.3, 0.4) is 0 Å². The number of hydrogen-bond acceptors (Lipinski definition) is 5. The molecule has 5 aliphatic rings. The predicted molar refractivity (Wildman–Crippen MR) is 122 cm³/mol. The van der Waals surface area contributed by atoms with Crippen molar-refractivity contribution in [2.75, 3.05) is 0 Å². The summed E-state index contributed by atoms with van der Waals surface area (Å²) in [7, 11) is 0. The highest BCUT2D eigenvalue weighted by molar-refractivity contribution is 5.87. The van der Waals surface area contributed by atoms with E-state index in [-0.39, 0.29) is 11.2 Å². The second kappa shape index (κ2) is 5.73. The third kappa shape index (κ3) is 1.99. The summed E-state index contributed by atoms with van der Waals surface area (Å²) < 4.78 is 12.9. The van der Waals surface area contributed by atoms with Gasteiger partial charge in [-0.2, -0.15) is 0 Å². The molecule has 7 rings (SSSR count). The zero-order chi connectivity index (χ0) is 23.2. The van der Waals surface area contributed by atoms with Gasteiger partial charge in [0, 0.05) is 33.8 Å². The summed E-state index contributed by atoms with van der Waals surface area (Å²) in [6, 6.07) is 8.48. The van der Waals surface area contributed by atoms with E-state index in [9.17, 15) is 15.0 Å². The normalized spacial score (nSPS) is 49.5. The van der Waals surface area contributed by atoms with Crippen molar-refractivity contribution < 1.29 is 24.5 Å². The molecular formula is C27H33NO5. The SMILES string of the molecule is CC1(C)O[C@H]2[C@@H]3C(=O)CC[C@]4(C)[C@@]5(C)c6[nH]c7ccccc7c6C[C@@H]5CC[C@@]34O[C@@]2(O)[C@@H]1O. The number of ketones is 1. The predicted octanol–water partition coefficient (Wildman–Crippen LogP) is 3.37. The van der Waals surface area contributed by atoms with E-state index in [1.54, 1.807) is 13.8 Å². The molecule has 6 heteroatoms. The van der Waals surface area contributed by atoms with Crippen molar-refractivity contribution in [3.05, 3.63) is 35.5 Å². The highest BCUT2D eigenvalue weighted by Crippen LogP contribution is 2.73. The minimum absolute atomic E-state index is 0.0928. The van der Waals surface area contributed by atoms with Gasteiger partial charge >= 0.3 is 0 Å². The molecule has 2 aliphatic heterocycles. The zero-order valence-electron chi connectivity index (χ0n) is 19.8. The van der Waals surface area contributed by atoms with Gasteiger partial charge in [-0.3, -0.25) is 4.79 Å². The van der Waals surface area contributed by atoms with Crippen molar-refractivity contribution in [3.8, 4) is 0 Å². The molecule has 2 saturated carbocycles. The molecule has 176 valence electrons. The number of para-hydroxylation sites is 1. The Morgan fingerprint density at radius 1 is 1.12 bits per heavy atom. The third-order valence-electron chi connectivity index (χ3n) is 10.8. The van der Waals surface area contributed by atoms with Gasteiger partial charge in [-0.15, -0.1) is 0 Å². The van der Waals surface area contributed by atoms with Crippen LogP contribution in [-0.2, 0) is 26.1 Å². The number of fused-ring (bicyclic) bond motifs is 8. The standard InChI is InChI=1S/C27H33NO5/c1-23(2)22(30)27(31)21(32-23)19-18(29)10-11-24(3)25(4)14(9-12-26(19,24)33-27)13-16-15-7-5-6-8-17(15)28-20(16)25/h5-8,14,19,21-22,28,30-31H,9-13H2,1-4H3/t14-,19-,21-,22+,24+,25+,26+,27+/m0/s1. The highest BCUT2D eigenvalue weighted by atomic mass is 16.7. The van der Waals surface area contributed by atoms with Gasteiger partial charge in [-0.05, 0) is 57.1 Å². The Balaban J connectivity index is 1.44. The number of carbonyl (C=O) groups excluding carboxylic acids is 1. The fourth-order valence-corrected chi connectivity index (χ4v) is 8.97. The molecule has 8 atom stereocenters. The van der Waals surface area contributed by atoms with Crippen molar-refractivity contribution in [2.45, 2.75) is 94.4 Å². The van der Waals surface area contributed by atoms with Crippen LogP contribution in [0.15, 0.2) is 24.3 Å². The van der Waals surface area contributed by atoms with Crippen LogP contribution in [0.4, 0.5) is 0 Å². The summed E-state index contributed by atoms with van der Waals surface area (Å²) in [6.45, 7) is 8.11. The van der Waals surface area contributed by atoms with Crippen LogP contribution in [0.2, 0.25) is 0 Å². The first-order valence-corrected chi connectivity index (χ1v) is 12.4. The Morgan fingerprint density at radius 2 is 1.88 bits per heavy atom. The van der Waals surface area contributed by atoms with Crippen molar-refractivity contribution in [2.24, 2.45) is 17.3 Å². The lowest BCUT2D eigenvalue weighted by atomic mass is 9.42. The lowest BCUT2D eigenvalue weighted by molar-refractivity contribution is -0.310. The molecule has 2 saturated heterocycles. The fourth-order valence-electron chi connectivity index (χ4n) is 8.97. The first-order valence-electron chi connectivity index (χ1n) is 12.4. The molecule has 4 fully saturated rings. The van der Waals surface area contributed by atoms with Gasteiger partial charge in [0.2, 0.25) is 5.79 Å². The number of aliphatic hydroxyl groups is 2. The number of aromatic amines is 1. The summed E-state index contributed by atoms with van der Waals surface area (Å²) in [5.41, 5.74) is 1.31. The molecule has 0 radical (unpaired) electrons. The third-order valence-corrected chi connectivity index (χ3v) is 10.8. The highest BCUT2D eigenvalue weighted by Gasteiger charge is 2.82. The topological polar surface area (TPSA) is 91.8 Å². The molecule has 1 spiro atoms. The smallest absolute Gasteiger partial charge is 0.223 e. The molecule has 3 aliphatic carbocycles. The Bertz CT molecular complexity index is 1220. The van der Waals surface area contributed by atoms with Crippen LogP contribution in [0.25, 0.3) is 10.9 Å². The number of aliphatic hydroxyl groups excluding tert-OH is 1. The molecule has 0 unspecified atom stereocenters. The monoisotopic (exact) mass is 451 g/mol. The van der Waals surface area contributed by atoms with Gasteiger partial charge in [0.15, 0.2) is 0 Å². The zero-order valence-corrected chi connectivity index (χ0v) is 19.8. The van der Waals surface area contributed by atoms with Crippen LogP contribution in [0.1, 0.15) is 64.6 Å². The number of aromatic nitrogens is 1. The van der Waals surface area contributed by atoms with Crippen LogP contribution in [0, 0.1) is 17.3 Å². The molecule has 0 amide bonds. The maximum atomic E-state index is 13.5. The minimum atomic E-state index is -1.87. The first-order chi connectivity index (χ1) is 15.5. The van der Waals surface area contributed by atoms with Crippen LogP contribution >= 0.6 is 0 Å². The molecule has 0 bridgehead atoms. The van der Waals surface area contributed by atoms with E-state index in [2.05, 4.69) is 43.1 Å². The number of benzene rings is 1. The average molecular weight is 452 g/mol. The molecular weight excluding hydrogens is 418 g/mol. The fraction of sp³-hybridized carbons (Fsp3) is 0.667. The average Bonchev–Trinajstić information content (AvgIpc) is 3.40. The van der Waals surface area contributed by atoms with Gasteiger partial charge in [0.1, 0.15) is 18.0 Å². The van der Waals surface area contributed by atoms with Gasteiger partial charge in [0.25, 0.3) is 0 Å². The number of Topliss-reactive ketones (excluding diaryl/α,β-unsaturated/α-hetero) is 1.